The number of hydrogen-bond acceptors (Lipinski definition) is 5. The van der Waals surface area contributed by atoms with E-state index in [0.717, 1.165) is 37.7 Å². The highest BCUT2D eigenvalue weighted by Crippen LogP contribution is 2.37. The third-order valence-corrected chi connectivity index (χ3v) is 7.06. The summed E-state index contributed by atoms with van der Waals surface area (Å²) in [5.41, 5.74) is 2.12. The molecule has 1 aliphatic rings. The van der Waals surface area contributed by atoms with Crippen molar-refractivity contribution in [3.8, 4) is 5.75 Å². The molecular weight excluding hydrogens is 422 g/mol. The number of fused-ring (bicyclic) bond motifs is 1. The van der Waals surface area contributed by atoms with Crippen LogP contribution in [-0.4, -0.2) is 25.6 Å². The number of anilines is 1. The molecule has 32 heavy (non-hydrogen) atoms. The van der Waals surface area contributed by atoms with Crippen molar-refractivity contribution in [2.24, 2.45) is 0 Å². The Morgan fingerprint density at radius 2 is 1.69 bits per heavy atom. The van der Waals surface area contributed by atoms with Crippen LogP contribution in [0.2, 0.25) is 0 Å². The average Bonchev–Trinajstić information content (AvgIpc) is 3.13. The first-order valence-corrected chi connectivity index (χ1v) is 12.7. The third kappa shape index (κ3) is 6.58. The number of nitrogens with one attached hydrogen (secondary N) is 1. The number of aryl methyl sites for hydroxylation is 1. The molecule has 0 saturated carbocycles. The first kappa shape index (κ1) is 24.3. The van der Waals surface area contributed by atoms with Gasteiger partial charge < -0.3 is 14.8 Å². The van der Waals surface area contributed by atoms with Gasteiger partial charge in [-0.05, 0) is 55.9 Å². The predicted octanol–water partition coefficient (Wildman–Crippen LogP) is 6.80. The molecule has 1 aromatic carbocycles. The maximum Gasteiger partial charge on any atom is 0.341 e. The Balaban J connectivity index is 1.87. The van der Waals surface area contributed by atoms with Crippen LogP contribution in [0.15, 0.2) is 24.3 Å². The highest BCUT2D eigenvalue weighted by atomic mass is 32.1. The number of amides is 1. The molecular formula is C26H35NO4S. The lowest BCUT2D eigenvalue weighted by Gasteiger charge is -2.10. The lowest BCUT2D eigenvalue weighted by atomic mass is 9.97. The number of ether oxygens (including phenoxy) is 2. The molecule has 0 fully saturated rings. The maximum absolute atomic E-state index is 13.0. The van der Waals surface area contributed by atoms with E-state index in [1.54, 1.807) is 12.1 Å². The van der Waals surface area contributed by atoms with Gasteiger partial charge in [-0.1, -0.05) is 51.5 Å². The van der Waals surface area contributed by atoms with Gasteiger partial charge in [-0.2, -0.15) is 0 Å². The SMILES string of the molecule is CCCOc1cccc(C(=O)Nc2sc3c(c2C(=O)OC)CCCCCCCCCC3)c1. The summed E-state index contributed by atoms with van der Waals surface area (Å²) in [6.07, 6.45) is 12.4. The van der Waals surface area contributed by atoms with Crippen LogP contribution in [0.1, 0.15) is 95.9 Å². The van der Waals surface area contributed by atoms with Gasteiger partial charge in [0.15, 0.2) is 0 Å². The molecule has 0 bridgehead atoms. The Bertz CT molecular complexity index is 905. The number of carbonyl (C=O) groups is 2. The molecule has 0 unspecified atom stereocenters. The quantitative estimate of drug-likeness (QED) is 0.485. The summed E-state index contributed by atoms with van der Waals surface area (Å²) >= 11 is 1.53. The van der Waals surface area contributed by atoms with Gasteiger partial charge in [0, 0.05) is 10.4 Å². The lowest BCUT2D eigenvalue weighted by molar-refractivity contribution is 0.0601. The molecule has 1 aromatic heterocycles. The van der Waals surface area contributed by atoms with Crippen molar-refractivity contribution in [2.45, 2.75) is 77.6 Å². The van der Waals surface area contributed by atoms with Crippen LogP contribution in [-0.2, 0) is 17.6 Å². The molecule has 1 amide bonds. The largest absolute Gasteiger partial charge is 0.494 e. The Labute approximate surface area is 195 Å². The summed E-state index contributed by atoms with van der Waals surface area (Å²) in [4.78, 5) is 27.0. The molecule has 1 heterocycles. The Morgan fingerprint density at radius 1 is 1.00 bits per heavy atom. The molecule has 1 aliphatic carbocycles. The minimum Gasteiger partial charge on any atom is -0.494 e. The van der Waals surface area contributed by atoms with E-state index < -0.39 is 0 Å². The van der Waals surface area contributed by atoms with Crippen LogP contribution in [0, 0.1) is 0 Å². The maximum atomic E-state index is 13.0. The predicted molar refractivity (Wildman–Crippen MR) is 130 cm³/mol. The third-order valence-electron chi connectivity index (χ3n) is 5.86. The molecule has 2 aromatic rings. The highest BCUT2D eigenvalue weighted by Gasteiger charge is 2.25. The van der Waals surface area contributed by atoms with Gasteiger partial charge in [-0.15, -0.1) is 11.3 Å². The van der Waals surface area contributed by atoms with E-state index in [9.17, 15) is 9.59 Å². The number of carbonyl (C=O) groups excluding carboxylic acids is 2. The monoisotopic (exact) mass is 457 g/mol. The molecule has 0 saturated heterocycles. The smallest absolute Gasteiger partial charge is 0.341 e. The molecule has 0 atom stereocenters. The second-order valence-corrected chi connectivity index (χ2v) is 9.46. The standard InChI is InChI=1S/C26H35NO4S/c1-3-17-31-20-14-12-13-19(18-20)24(28)27-25-23(26(29)30-2)21-15-10-8-6-4-5-7-9-11-16-22(21)32-25/h12-14,18H,3-11,15-17H2,1-2H3,(H,27,28). The van der Waals surface area contributed by atoms with Crippen molar-refractivity contribution in [1.82, 2.24) is 0 Å². The molecule has 0 aliphatic heterocycles. The Kier molecular flexibility index (Phi) is 9.60. The minimum atomic E-state index is -0.370. The summed E-state index contributed by atoms with van der Waals surface area (Å²) in [5.74, 6) is 0.0602. The van der Waals surface area contributed by atoms with E-state index in [-0.39, 0.29) is 11.9 Å². The first-order chi connectivity index (χ1) is 15.6. The average molecular weight is 458 g/mol. The summed E-state index contributed by atoms with van der Waals surface area (Å²) < 4.78 is 10.8. The van der Waals surface area contributed by atoms with Crippen molar-refractivity contribution in [2.75, 3.05) is 19.0 Å². The summed E-state index contributed by atoms with van der Waals surface area (Å²) in [6, 6.07) is 7.17. The number of thiophene rings is 1. The van der Waals surface area contributed by atoms with Crippen LogP contribution in [0.25, 0.3) is 0 Å². The molecule has 1 N–H and O–H groups in total. The molecule has 6 heteroatoms. The lowest BCUT2D eigenvalue weighted by Crippen LogP contribution is -2.15. The zero-order valence-electron chi connectivity index (χ0n) is 19.3. The molecule has 0 radical (unpaired) electrons. The number of esters is 1. The van der Waals surface area contributed by atoms with Crippen molar-refractivity contribution >= 4 is 28.2 Å². The number of benzene rings is 1. The van der Waals surface area contributed by atoms with Gasteiger partial charge in [-0.25, -0.2) is 4.79 Å². The van der Waals surface area contributed by atoms with E-state index in [1.165, 1.54) is 61.8 Å². The zero-order valence-corrected chi connectivity index (χ0v) is 20.2. The summed E-state index contributed by atoms with van der Waals surface area (Å²) in [7, 11) is 1.40. The fourth-order valence-corrected chi connectivity index (χ4v) is 5.43. The van der Waals surface area contributed by atoms with E-state index in [0.29, 0.717) is 28.5 Å². The van der Waals surface area contributed by atoms with Crippen molar-refractivity contribution in [3.63, 3.8) is 0 Å². The van der Waals surface area contributed by atoms with Crippen LogP contribution >= 0.6 is 11.3 Å². The fourth-order valence-electron chi connectivity index (χ4n) is 4.15. The van der Waals surface area contributed by atoms with Gasteiger partial charge in [0.25, 0.3) is 5.91 Å². The first-order valence-electron chi connectivity index (χ1n) is 11.9. The zero-order chi connectivity index (χ0) is 22.8. The molecule has 0 spiro atoms. The van der Waals surface area contributed by atoms with Gasteiger partial charge in [0.05, 0.1) is 19.3 Å². The second-order valence-electron chi connectivity index (χ2n) is 8.36. The van der Waals surface area contributed by atoms with E-state index >= 15 is 0 Å². The van der Waals surface area contributed by atoms with Crippen LogP contribution in [0.5, 0.6) is 5.75 Å². The van der Waals surface area contributed by atoms with E-state index in [1.807, 2.05) is 19.1 Å². The second kappa shape index (κ2) is 12.6. The molecule has 3 rings (SSSR count). The summed E-state index contributed by atoms with van der Waals surface area (Å²) in [6.45, 7) is 2.65. The van der Waals surface area contributed by atoms with E-state index in [2.05, 4.69) is 5.32 Å². The van der Waals surface area contributed by atoms with Crippen molar-refractivity contribution in [1.29, 1.82) is 0 Å². The highest BCUT2D eigenvalue weighted by molar-refractivity contribution is 7.17. The van der Waals surface area contributed by atoms with Gasteiger partial charge >= 0.3 is 5.97 Å². The van der Waals surface area contributed by atoms with Crippen LogP contribution in [0.3, 0.4) is 0 Å². The minimum absolute atomic E-state index is 0.241. The number of methoxy groups -OCH3 is 1. The van der Waals surface area contributed by atoms with Crippen LogP contribution in [0.4, 0.5) is 5.00 Å². The van der Waals surface area contributed by atoms with Crippen LogP contribution < -0.4 is 10.1 Å². The molecule has 174 valence electrons. The normalized spacial score (nSPS) is 15.1. The van der Waals surface area contributed by atoms with Crippen molar-refractivity contribution in [3.05, 3.63) is 45.8 Å². The van der Waals surface area contributed by atoms with Gasteiger partial charge in [-0.3, -0.25) is 4.79 Å². The Morgan fingerprint density at radius 3 is 2.38 bits per heavy atom. The number of rotatable bonds is 6. The van der Waals surface area contributed by atoms with Crippen molar-refractivity contribution < 1.29 is 19.1 Å². The molecule has 5 nitrogen and oxygen atoms in total. The number of hydrogen-bond donors (Lipinski definition) is 1. The topological polar surface area (TPSA) is 64.6 Å². The Hall–Kier alpha value is -2.34. The van der Waals surface area contributed by atoms with Gasteiger partial charge in [0.1, 0.15) is 10.8 Å². The fraction of sp³-hybridized carbons (Fsp3) is 0.538. The summed E-state index contributed by atoms with van der Waals surface area (Å²) in [5, 5.41) is 3.60. The van der Waals surface area contributed by atoms with E-state index in [4.69, 9.17) is 9.47 Å². The van der Waals surface area contributed by atoms with Gasteiger partial charge in [0.2, 0.25) is 0 Å².